The largest absolute Gasteiger partial charge is 0.480 e. The molecular weight excluding hydrogens is 208 g/mol. The molecule has 6 heteroatoms. The minimum atomic E-state index is -1.76. The van der Waals surface area contributed by atoms with Crippen LogP contribution in [0.25, 0.3) is 0 Å². The Balaban J connectivity index is 4.22. The van der Waals surface area contributed by atoms with Crippen LogP contribution in [0.4, 0.5) is 0 Å². The Hall–Kier alpha value is -0.910. The smallest absolute Gasteiger partial charge is 0.374 e. The molecule has 0 bridgehead atoms. The number of carboxylic acid groups (broad SMARTS) is 2. The van der Waals surface area contributed by atoms with Gasteiger partial charge in [-0.25, -0.2) is 4.79 Å². The zero-order chi connectivity index (χ0) is 8.31. The summed E-state index contributed by atoms with van der Waals surface area (Å²) in [6.07, 6.45) is 0. The lowest BCUT2D eigenvalue weighted by molar-refractivity contribution is -0.152. The van der Waals surface area contributed by atoms with Crippen LogP contribution in [0.2, 0.25) is 0 Å². The van der Waals surface area contributed by atoms with E-state index < -0.39 is 22.5 Å². The van der Waals surface area contributed by atoms with E-state index >= 15 is 0 Å². The third kappa shape index (κ3) is 2.14. The number of aliphatic carboxylic acids is 2. The van der Waals surface area contributed by atoms with Crippen molar-refractivity contribution in [3.05, 3.63) is 0 Å². The van der Waals surface area contributed by atoms with Gasteiger partial charge in [0, 0.05) is 0 Å². The number of hydrogen-bond donors (Lipinski definition) is 2. The lowest BCUT2D eigenvalue weighted by Crippen LogP contribution is -2.29. The normalized spacial score (nSPS) is 12.1. The van der Waals surface area contributed by atoms with Gasteiger partial charge in [-0.05, 0) is 0 Å². The summed E-state index contributed by atoms with van der Waals surface area (Å²) in [5.41, 5.74) is 0. The molecule has 0 spiro atoms. The molecule has 0 aliphatic carbocycles. The van der Waals surface area contributed by atoms with Crippen molar-refractivity contribution in [3.63, 3.8) is 0 Å². The molecule has 1 atom stereocenters. The summed E-state index contributed by atoms with van der Waals surface area (Å²) in [5, 5.41) is 16.0. The van der Waals surface area contributed by atoms with Crippen LogP contribution < -0.4 is 0 Å². The van der Waals surface area contributed by atoms with Crippen molar-refractivity contribution in [2.24, 2.45) is 0 Å². The third-order valence-corrected chi connectivity index (χ3v) is 1.47. The number of Topliss-reactive ketones (excluding diaryl/α,β-unsaturated/α-hetero) is 1. The first kappa shape index (κ1) is 9.09. The Morgan fingerprint density at radius 3 is 1.70 bits per heavy atom. The Bertz CT molecular complexity index is 186. The van der Waals surface area contributed by atoms with Gasteiger partial charge >= 0.3 is 11.9 Å². The summed E-state index contributed by atoms with van der Waals surface area (Å²) in [6.45, 7) is 0. The lowest BCUT2D eigenvalue weighted by Gasteiger charge is -1.95. The van der Waals surface area contributed by atoms with E-state index in [2.05, 4.69) is 15.9 Å². The Morgan fingerprint density at radius 2 is 1.60 bits per heavy atom. The topological polar surface area (TPSA) is 91.7 Å². The standard InChI is InChI=1S/C4H3BrO5/c5-1(3(7)8)2(6)4(9)10/h1H,(H,7,8)(H,9,10). The molecular formula is C4H3BrO5. The molecule has 0 aromatic carbocycles. The summed E-state index contributed by atoms with van der Waals surface area (Å²) in [5.74, 6) is -4.65. The summed E-state index contributed by atoms with van der Waals surface area (Å²) < 4.78 is 0. The van der Waals surface area contributed by atoms with E-state index in [9.17, 15) is 14.4 Å². The van der Waals surface area contributed by atoms with E-state index in [4.69, 9.17) is 10.2 Å². The average molecular weight is 211 g/mol. The van der Waals surface area contributed by atoms with Gasteiger partial charge in [-0.3, -0.25) is 9.59 Å². The Morgan fingerprint density at radius 1 is 1.20 bits per heavy atom. The highest BCUT2D eigenvalue weighted by atomic mass is 79.9. The number of carboxylic acids is 2. The van der Waals surface area contributed by atoms with E-state index in [0.717, 1.165) is 0 Å². The first-order valence-electron chi connectivity index (χ1n) is 2.11. The summed E-state index contributed by atoms with van der Waals surface area (Å²) in [4.78, 5) is 28.3. The number of alkyl halides is 1. The number of carbonyl (C=O) groups is 3. The highest BCUT2D eigenvalue weighted by molar-refractivity contribution is 9.10. The summed E-state index contributed by atoms with van der Waals surface area (Å²) >= 11 is 2.38. The first-order valence-corrected chi connectivity index (χ1v) is 3.02. The van der Waals surface area contributed by atoms with Crippen molar-refractivity contribution in [1.29, 1.82) is 0 Å². The van der Waals surface area contributed by atoms with Gasteiger partial charge in [0.1, 0.15) is 0 Å². The molecule has 2 N–H and O–H groups in total. The van der Waals surface area contributed by atoms with Crippen LogP contribution in [0.3, 0.4) is 0 Å². The predicted molar refractivity (Wildman–Crippen MR) is 33.0 cm³/mol. The second-order valence-electron chi connectivity index (χ2n) is 1.37. The van der Waals surface area contributed by atoms with Crippen LogP contribution in [0.5, 0.6) is 0 Å². The molecule has 0 rings (SSSR count). The van der Waals surface area contributed by atoms with Gasteiger partial charge in [-0.2, -0.15) is 0 Å². The minimum absolute atomic E-state index is 1.38. The van der Waals surface area contributed by atoms with Crippen molar-refractivity contribution in [2.45, 2.75) is 4.83 Å². The zero-order valence-electron chi connectivity index (χ0n) is 4.57. The van der Waals surface area contributed by atoms with Gasteiger partial charge in [0.2, 0.25) is 0 Å². The molecule has 0 saturated carbocycles. The summed E-state index contributed by atoms with van der Waals surface area (Å²) in [7, 11) is 0. The maximum Gasteiger partial charge on any atom is 0.374 e. The van der Waals surface area contributed by atoms with E-state index in [-0.39, 0.29) is 0 Å². The van der Waals surface area contributed by atoms with Crippen LogP contribution in [0.1, 0.15) is 0 Å². The first-order chi connectivity index (χ1) is 4.46. The van der Waals surface area contributed by atoms with Gasteiger partial charge in [0.05, 0.1) is 0 Å². The van der Waals surface area contributed by atoms with E-state index in [0.29, 0.717) is 0 Å². The highest BCUT2D eigenvalue weighted by Gasteiger charge is 2.28. The van der Waals surface area contributed by atoms with Crippen molar-refractivity contribution in [2.75, 3.05) is 0 Å². The maximum atomic E-state index is 10.3. The van der Waals surface area contributed by atoms with Gasteiger partial charge in [-0.1, -0.05) is 15.9 Å². The van der Waals surface area contributed by atoms with Gasteiger partial charge in [0.15, 0.2) is 4.83 Å². The van der Waals surface area contributed by atoms with Crippen LogP contribution in [0.15, 0.2) is 0 Å². The average Bonchev–Trinajstić information content (AvgIpc) is 1.84. The second kappa shape index (κ2) is 3.31. The minimum Gasteiger partial charge on any atom is -0.480 e. The zero-order valence-corrected chi connectivity index (χ0v) is 6.16. The molecule has 1 unspecified atom stereocenters. The molecule has 10 heavy (non-hydrogen) atoms. The summed E-state index contributed by atoms with van der Waals surface area (Å²) in [6, 6.07) is 0. The predicted octanol–water partition coefficient (Wildman–Crippen LogP) is -0.512. The second-order valence-corrected chi connectivity index (χ2v) is 2.29. The fraction of sp³-hybridized carbons (Fsp3) is 0.250. The lowest BCUT2D eigenvalue weighted by atomic mass is 10.3. The van der Waals surface area contributed by atoms with E-state index in [1.165, 1.54) is 0 Å². The Kier molecular flexibility index (Phi) is 3.01. The van der Waals surface area contributed by atoms with Crippen molar-refractivity contribution >= 4 is 33.7 Å². The van der Waals surface area contributed by atoms with Crippen molar-refractivity contribution in [1.82, 2.24) is 0 Å². The van der Waals surface area contributed by atoms with Crippen LogP contribution in [0, 0.1) is 0 Å². The number of rotatable bonds is 3. The van der Waals surface area contributed by atoms with Gasteiger partial charge < -0.3 is 10.2 Å². The quantitative estimate of drug-likeness (QED) is 0.372. The highest BCUT2D eigenvalue weighted by Crippen LogP contribution is 2.00. The molecule has 0 radical (unpaired) electrons. The van der Waals surface area contributed by atoms with Crippen LogP contribution in [-0.2, 0) is 14.4 Å². The molecule has 0 heterocycles. The molecule has 56 valence electrons. The monoisotopic (exact) mass is 210 g/mol. The molecule has 0 amide bonds. The van der Waals surface area contributed by atoms with Crippen LogP contribution >= 0.6 is 15.9 Å². The maximum absolute atomic E-state index is 10.3. The molecule has 0 aromatic heterocycles. The number of hydrogen-bond acceptors (Lipinski definition) is 3. The van der Waals surface area contributed by atoms with Crippen molar-refractivity contribution < 1.29 is 24.6 Å². The molecule has 5 nitrogen and oxygen atoms in total. The van der Waals surface area contributed by atoms with Gasteiger partial charge in [0.25, 0.3) is 5.78 Å². The van der Waals surface area contributed by atoms with Crippen molar-refractivity contribution in [3.8, 4) is 0 Å². The fourth-order valence-electron chi connectivity index (χ4n) is 0.221. The Labute approximate surface area is 63.8 Å². The van der Waals surface area contributed by atoms with Gasteiger partial charge in [-0.15, -0.1) is 0 Å². The number of carbonyl (C=O) groups excluding carboxylic acids is 1. The molecule has 0 aliphatic heterocycles. The third-order valence-electron chi connectivity index (χ3n) is 0.658. The van der Waals surface area contributed by atoms with Crippen LogP contribution in [-0.4, -0.2) is 32.8 Å². The molecule has 0 saturated heterocycles. The van der Waals surface area contributed by atoms with E-state index in [1.54, 1.807) is 0 Å². The number of ketones is 1. The molecule has 0 fully saturated rings. The number of halogens is 1. The SMILES string of the molecule is O=C(O)C(=O)C(Br)C(=O)O. The molecule has 0 aromatic rings. The van der Waals surface area contributed by atoms with E-state index in [1.807, 2.05) is 0 Å². The fourth-order valence-corrected chi connectivity index (χ4v) is 0.416. The molecule has 0 aliphatic rings.